The summed E-state index contributed by atoms with van der Waals surface area (Å²) in [4.78, 5) is 0.0346. The van der Waals surface area contributed by atoms with Crippen LogP contribution in [0.3, 0.4) is 0 Å². The molecule has 1 aromatic carbocycles. The molecule has 1 aromatic heterocycles. The zero-order chi connectivity index (χ0) is 15.5. The van der Waals surface area contributed by atoms with Crippen LogP contribution in [-0.4, -0.2) is 20.6 Å². The van der Waals surface area contributed by atoms with Gasteiger partial charge < -0.3 is 15.9 Å². The van der Waals surface area contributed by atoms with Gasteiger partial charge >= 0.3 is 0 Å². The first-order valence-corrected chi connectivity index (χ1v) is 7.26. The molecule has 0 fully saturated rings. The normalized spacial score (nSPS) is 11.7. The highest BCUT2D eigenvalue weighted by Crippen LogP contribution is 2.22. The number of nitrogens with two attached hydrogens (primary N) is 3. The van der Waals surface area contributed by atoms with E-state index in [-0.39, 0.29) is 10.9 Å². The van der Waals surface area contributed by atoms with Crippen molar-refractivity contribution >= 4 is 22.2 Å². The van der Waals surface area contributed by atoms with Crippen molar-refractivity contribution in [3.8, 4) is 11.3 Å². The summed E-state index contributed by atoms with van der Waals surface area (Å²) in [7, 11) is -3.71. The van der Waals surface area contributed by atoms with E-state index in [1.807, 2.05) is 0 Å². The van der Waals surface area contributed by atoms with Crippen LogP contribution in [0.15, 0.2) is 55.9 Å². The fraction of sp³-hybridized carbons (Fsp3) is 0. The largest absolute Gasteiger partial charge is 0.455 e. The molecule has 6 N–H and O–H groups in total. The monoisotopic (exact) mass is 307 g/mol. The van der Waals surface area contributed by atoms with E-state index in [0.29, 0.717) is 17.1 Å². The summed E-state index contributed by atoms with van der Waals surface area (Å²) in [6.07, 6.45) is 1.35. The molecule has 110 valence electrons. The average molecular weight is 307 g/mol. The Morgan fingerprint density at radius 2 is 1.76 bits per heavy atom. The van der Waals surface area contributed by atoms with E-state index < -0.39 is 10.0 Å². The van der Waals surface area contributed by atoms with E-state index in [9.17, 15) is 8.42 Å². The minimum absolute atomic E-state index is 0.0346. The molecular weight excluding hydrogens is 294 g/mol. The predicted molar refractivity (Wildman–Crippen MR) is 78.9 cm³/mol. The lowest BCUT2D eigenvalue weighted by Gasteiger charge is -1.99. The number of hydrogen-bond acceptors (Lipinski definition) is 5. The second-order valence-corrected chi connectivity index (χ2v) is 5.60. The van der Waals surface area contributed by atoms with Crippen LogP contribution in [0.2, 0.25) is 0 Å². The van der Waals surface area contributed by atoms with Gasteiger partial charge in [0.25, 0.3) is 0 Å². The van der Waals surface area contributed by atoms with Crippen LogP contribution in [-0.2, 0) is 10.0 Å². The van der Waals surface area contributed by atoms with Crippen molar-refractivity contribution in [1.82, 2.24) is 0 Å². The van der Waals surface area contributed by atoms with Crippen LogP contribution in [0.5, 0.6) is 0 Å². The molecule has 0 amide bonds. The van der Waals surface area contributed by atoms with E-state index in [1.165, 1.54) is 18.3 Å². The van der Waals surface area contributed by atoms with Crippen LogP contribution in [0.4, 0.5) is 0 Å². The molecule has 1 heterocycles. The summed E-state index contributed by atoms with van der Waals surface area (Å²) in [6.45, 7) is 0. The van der Waals surface area contributed by atoms with Crippen molar-refractivity contribution in [2.45, 2.75) is 4.90 Å². The van der Waals surface area contributed by atoms with Gasteiger partial charge in [0, 0.05) is 5.56 Å². The van der Waals surface area contributed by atoms with Gasteiger partial charge in [0.15, 0.2) is 0 Å². The fourth-order valence-electron chi connectivity index (χ4n) is 1.54. The van der Waals surface area contributed by atoms with Gasteiger partial charge in [-0.2, -0.15) is 5.10 Å². The first-order valence-electron chi connectivity index (χ1n) is 5.71. The van der Waals surface area contributed by atoms with Gasteiger partial charge in [-0.15, -0.1) is 5.10 Å². The average Bonchev–Trinajstić information content (AvgIpc) is 2.86. The van der Waals surface area contributed by atoms with E-state index in [4.69, 9.17) is 21.0 Å². The maximum absolute atomic E-state index is 11.2. The maximum atomic E-state index is 11.2. The third kappa shape index (κ3) is 3.91. The van der Waals surface area contributed by atoms with Crippen LogP contribution >= 0.6 is 0 Å². The summed E-state index contributed by atoms with van der Waals surface area (Å²) in [6, 6.07) is 9.38. The summed E-state index contributed by atoms with van der Waals surface area (Å²) in [5, 5.41) is 12.1. The molecule has 2 aromatic rings. The number of nitrogens with zero attached hydrogens (tertiary/aromatic N) is 2. The molecule has 8 nitrogen and oxygen atoms in total. The molecule has 0 aliphatic carbocycles. The predicted octanol–water partition coefficient (Wildman–Crippen LogP) is 0.201. The van der Waals surface area contributed by atoms with Gasteiger partial charge in [0.2, 0.25) is 16.0 Å². The molecule has 0 radical (unpaired) electrons. The van der Waals surface area contributed by atoms with Crippen molar-refractivity contribution < 1.29 is 12.8 Å². The number of furan rings is 1. The molecule has 0 spiro atoms. The van der Waals surface area contributed by atoms with Crippen LogP contribution < -0.4 is 16.6 Å². The van der Waals surface area contributed by atoms with Crippen molar-refractivity contribution in [2.24, 2.45) is 26.8 Å². The molecule has 21 heavy (non-hydrogen) atoms. The Labute approximate surface area is 121 Å². The third-order valence-electron chi connectivity index (χ3n) is 2.45. The van der Waals surface area contributed by atoms with Gasteiger partial charge in [-0.3, -0.25) is 0 Å². The third-order valence-corrected chi connectivity index (χ3v) is 3.38. The fourth-order valence-corrected chi connectivity index (χ4v) is 2.05. The number of hydrogen-bond donors (Lipinski definition) is 3. The minimum Gasteiger partial charge on any atom is -0.455 e. The van der Waals surface area contributed by atoms with Gasteiger partial charge in [-0.05, 0) is 36.4 Å². The van der Waals surface area contributed by atoms with Gasteiger partial charge in [0.05, 0.1) is 11.1 Å². The van der Waals surface area contributed by atoms with Crippen molar-refractivity contribution in [3.63, 3.8) is 0 Å². The quantitative estimate of drug-likeness (QED) is 0.419. The number of benzene rings is 1. The minimum atomic E-state index is -3.71. The lowest BCUT2D eigenvalue weighted by atomic mass is 10.2. The number of primary sulfonamides is 1. The standard InChI is InChI=1S/C12H13N5O3S/c13-12(14)17-16-7-9-3-6-11(20-9)8-1-4-10(5-2-8)21(15,18)19/h1-7H,(H4,13,14,17)(H2,15,18,19). The molecule has 9 heteroatoms. The van der Waals surface area contributed by atoms with Gasteiger partial charge in [-0.1, -0.05) is 0 Å². The Kier molecular flexibility index (Phi) is 4.05. The topological polar surface area (TPSA) is 150 Å². The number of guanidine groups is 1. The zero-order valence-corrected chi connectivity index (χ0v) is 11.6. The van der Waals surface area contributed by atoms with E-state index in [0.717, 1.165) is 0 Å². The smallest absolute Gasteiger partial charge is 0.238 e. The number of rotatable bonds is 4. The van der Waals surface area contributed by atoms with Gasteiger partial charge in [-0.25, -0.2) is 13.6 Å². The zero-order valence-electron chi connectivity index (χ0n) is 10.8. The first kappa shape index (κ1) is 14.8. The highest BCUT2D eigenvalue weighted by molar-refractivity contribution is 7.89. The summed E-state index contributed by atoms with van der Waals surface area (Å²) >= 11 is 0. The Hall–Kier alpha value is -2.65. The Morgan fingerprint density at radius 1 is 1.10 bits per heavy atom. The highest BCUT2D eigenvalue weighted by atomic mass is 32.2. The van der Waals surface area contributed by atoms with Crippen LogP contribution in [0.1, 0.15) is 5.76 Å². The van der Waals surface area contributed by atoms with Crippen molar-refractivity contribution in [1.29, 1.82) is 0 Å². The maximum Gasteiger partial charge on any atom is 0.238 e. The lowest BCUT2D eigenvalue weighted by Crippen LogP contribution is -2.21. The van der Waals surface area contributed by atoms with E-state index >= 15 is 0 Å². The molecule has 0 bridgehead atoms. The van der Waals surface area contributed by atoms with Gasteiger partial charge in [0.1, 0.15) is 11.5 Å². The molecule has 0 saturated carbocycles. The first-order chi connectivity index (χ1) is 9.86. The molecule has 0 saturated heterocycles. The number of sulfonamides is 1. The van der Waals surface area contributed by atoms with E-state index in [2.05, 4.69) is 10.2 Å². The molecule has 0 aliphatic heterocycles. The summed E-state index contributed by atoms with van der Waals surface area (Å²) in [5.41, 5.74) is 11.0. The Morgan fingerprint density at radius 3 is 2.33 bits per heavy atom. The van der Waals surface area contributed by atoms with E-state index in [1.54, 1.807) is 24.3 Å². The molecule has 0 atom stereocenters. The molecular formula is C12H13N5O3S. The van der Waals surface area contributed by atoms with Crippen LogP contribution in [0.25, 0.3) is 11.3 Å². The van der Waals surface area contributed by atoms with Crippen molar-refractivity contribution in [2.75, 3.05) is 0 Å². The van der Waals surface area contributed by atoms with Crippen molar-refractivity contribution in [3.05, 3.63) is 42.2 Å². The molecule has 0 aliphatic rings. The summed E-state index contributed by atoms with van der Waals surface area (Å²) in [5.74, 6) is 0.837. The Balaban J connectivity index is 2.22. The van der Waals surface area contributed by atoms with Crippen LogP contribution in [0, 0.1) is 0 Å². The molecule has 2 rings (SSSR count). The lowest BCUT2D eigenvalue weighted by molar-refractivity contribution is 0.574. The SMILES string of the molecule is NC(N)=NN=Cc1ccc(-c2ccc(S(N)(=O)=O)cc2)o1. The highest BCUT2D eigenvalue weighted by Gasteiger charge is 2.09. The molecule has 0 unspecified atom stereocenters. The second kappa shape index (κ2) is 5.77. The second-order valence-electron chi connectivity index (χ2n) is 4.04. The Bertz CT molecular complexity index is 787. The summed E-state index contributed by atoms with van der Waals surface area (Å²) < 4.78 is 27.8.